The van der Waals surface area contributed by atoms with Crippen molar-refractivity contribution >= 4 is 17.7 Å². The SMILES string of the molecule is Cc1cc(CSc2ccccc2C(=O)NC(C)c2cccc(OC(C)C)c2)on1. The molecule has 0 aliphatic carbocycles. The third kappa shape index (κ3) is 5.87. The normalized spacial score (nSPS) is 12.0. The first-order valence-electron chi connectivity index (χ1n) is 9.64. The minimum absolute atomic E-state index is 0.104. The number of benzene rings is 2. The molecule has 0 aliphatic heterocycles. The van der Waals surface area contributed by atoms with Gasteiger partial charge in [0, 0.05) is 11.0 Å². The highest BCUT2D eigenvalue weighted by Gasteiger charge is 2.16. The van der Waals surface area contributed by atoms with Gasteiger partial charge in [0.25, 0.3) is 5.91 Å². The maximum atomic E-state index is 12.9. The second-order valence-corrected chi connectivity index (χ2v) is 8.17. The Hall–Kier alpha value is -2.73. The molecule has 0 radical (unpaired) electrons. The fraction of sp³-hybridized carbons (Fsp3) is 0.304. The first-order chi connectivity index (χ1) is 13.9. The van der Waals surface area contributed by atoms with Gasteiger partial charge >= 0.3 is 0 Å². The topological polar surface area (TPSA) is 64.4 Å². The van der Waals surface area contributed by atoms with E-state index in [1.165, 1.54) is 0 Å². The maximum absolute atomic E-state index is 12.9. The van der Waals surface area contributed by atoms with Gasteiger partial charge in [0.2, 0.25) is 0 Å². The predicted octanol–water partition coefficient (Wildman–Crippen LogP) is 5.55. The molecule has 0 fully saturated rings. The van der Waals surface area contributed by atoms with Crippen LogP contribution in [-0.4, -0.2) is 17.2 Å². The molecule has 1 N–H and O–H groups in total. The molecule has 0 bridgehead atoms. The summed E-state index contributed by atoms with van der Waals surface area (Å²) in [5, 5.41) is 7.00. The molecule has 5 nitrogen and oxygen atoms in total. The molecular formula is C23H26N2O3S. The summed E-state index contributed by atoms with van der Waals surface area (Å²) < 4.78 is 11.0. The van der Waals surface area contributed by atoms with E-state index in [-0.39, 0.29) is 18.1 Å². The Morgan fingerprint density at radius 1 is 1.14 bits per heavy atom. The lowest BCUT2D eigenvalue weighted by molar-refractivity contribution is 0.0936. The van der Waals surface area contributed by atoms with Gasteiger partial charge in [0.1, 0.15) is 11.5 Å². The summed E-state index contributed by atoms with van der Waals surface area (Å²) in [5.74, 6) is 2.11. The molecule has 3 aromatic rings. The van der Waals surface area contributed by atoms with E-state index in [9.17, 15) is 4.79 Å². The number of carbonyl (C=O) groups excluding carboxylic acids is 1. The number of rotatable bonds is 8. The monoisotopic (exact) mass is 410 g/mol. The quantitative estimate of drug-likeness (QED) is 0.493. The van der Waals surface area contributed by atoms with Crippen LogP contribution in [0.25, 0.3) is 0 Å². The molecule has 1 aromatic heterocycles. The zero-order chi connectivity index (χ0) is 20.8. The lowest BCUT2D eigenvalue weighted by Gasteiger charge is -2.17. The van der Waals surface area contributed by atoms with Crippen molar-refractivity contribution in [3.05, 3.63) is 77.2 Å². The summed E-state index contributed by atoms with van der Waals surface area (Å²) in [6, 6.07) is 17.2. The second-order valence-electron chi connectivity index (χ2n) is 7.15. The highest BCUT2D eigenvalue weighted by Crippen LogP contribution is 2.27. The van der Waals surface area contributed by atoms with Crippen LogP contribution in [0.15, 0.2) is 64.0 Å². The van der Waals surface area contributed by atoms with Crippen LogP contribution in [0.3, 0.4) is 0 Å². The molecular weight excluding hydrogens is 384 g/mol. The van der Waals surface area contributed by atoms with Crippen LogP contribution in [0.1, 0.15) is 54.2 Å². The van der Waals surface area contributed by atoms with Crippen LogP contribution >= 0.6 is 11.8 Å². The molecule has 6 heteroatoms. The maximum Gasteiger partial charge on any atom is 0.252 e. The number of ether oxygens (including phenoxy) is 1. The molecule has 0 saturated carbocycles. The minimum Gasteiger partial charge on any atom is -0.491 e. The van der Waals surface area contributed by atoms with Gasteiger partial charge in [-0.2, -0.15) is 0 Å². The second kappa shape index (κ2) is 9.65. The van der Waals surface area contributed by atoms with E-state index < -0.39 is 0 Å². The molecule has 152 valence electrons. The standard InChI is InChI=1S/C23H26N2O3S/c1-15(2)27-19-9-7-8-18(13-19)17(4)24-23(26)21-10-5-6-11-22(21)29-14-20-12-16(3)25-28-20/h5-13,15,17H,14H2,1-4H3,(H,24,26). The largest absolute Gasteiger partial charge is 0.491 e. The molecule has 2 aromatic carbocycles. The Kier molecular flexibility index (Phi) is 6.99. The number of aryl methyl sites for hydroxylation is 1. The van der Waals surface area contributed by atoms with Crippen molar-refractivity contribution in [2.24, 2.45) is 0 Å². The Bertz CT molecular complexity index is 968. The molecule has 0 saturated heterocycles. The number of hydrogen-bond donors (Lipinski definition) is 1. The number of carbonyl (C=O) groups is 1. The fourth-order valence-electron chi connectivity index (χ4n) is 2.90. The summed E-state index contributed by atoms with van der Waals surface area (Å²) in [5.41, 5.74) is 2.50. The van der Waals surface area contributed by atoms with Crippen LogP contribution in [0.5, 0.6) is 5.75 Å². The van der Waals surface area contributed by atoms with Crippen LogP contribution in [-0.2, 0) is 5.75 Å². The average Bonchev–Trinajstić information content (AvgIpc) is 3.11. The summed E-state index contributed by atoms with van der Waals surface area (Å²) in [6.07, 6.45) is 0.104. The Morgan fingerprint density at radius 3 is 2.66 bits per heavy atom. The minimum atomic E-state index is -0.145. The zero-order valence-corrected chi connectivity index (χ0v) is 18.0. The van der Waals surface area contributed by atoms with Crippen molar-refractivity contribution in [2.75, 3.05) is 0 Å². The van der Waals surface area contributed by atoms with Crippen molar-refractivity contribution in [2.45, 2.75) is 50.5 Å². The molecule has 1 unspecified atom stereocenters. The Labute approximate surface area is 175 Å². The fourth-order valence-corrected chi connectivity index (χ4v) is 3.83. The number of thioether (sulfide) groups is 1. The van der Waals surface area contributed by atoms with E-state index in [4.69, 9.17) is 9.26 Å². The number of aromatic nitrogens is 1. The van der Waals surface area contributed by atoms with Crippen LogP contribution < -0.4 is 10.1 Å². The Morgan fingerprint density at radius 2 is 1.93 bits per heavy atom. The summed E-state index contributed by atoms with van der Waals surface area (Å²) >= 11 is 1.56. The van der Waals surface area contributed by atoms with Gasteiger partial charge in [-0.1, -0.05) is 29.4 Å². The zero-order valence-electron chi connectivity index (χ0n) is 17.1. The average molecular weight is 411 g/mol. The number of nitrogens with one attached hydrogen (secondary N) is 1. The number of nitrogens with zero attached hydrogens (tertiary/aromatic N) is 1. The van der Waals surface area contributed by atoms with E-state index in [1.807, 2.05) is 82.3 Å². The molecule has 1 heterocycles. The Balaban J connectivity index is 1.69. The number of hydrogen-bond acceptors (Lipinski definition) is 5. The first-order valence-corrected chi connectivity index (χ1v) is 10.6. The van der Waals surface area contributed by atoms with Gasteiger partial charge in [-0.05, 0) is 57.5 Å². The molecule has 3 rings (SSSR count). The van der Waals surface area contributed by atoms with Gasteiger partial charge < -0.3 is 14.6 Å². The lowest BCUT2D eigenvalue weighted by Crippen LogP contribution is -2.27. The molecule has 0 aliphatic rings. The smallest absolute Gasteiger partial charge is 0.252 e. The third-order valence-electron chi connectivity index (χ3n) is 4.26. The molecule has 1 amide bonds. The third-order valence-corrected chi connectivity index (χ3v) is 5.35. The molecule has 1 atom stereocenters. The summed E-state index contributed by atoms with van der Waals surface area (Å²) in [7, 11) is 0. The molecule has 0 spiro atoms. The van der Waals surface area contributed by atoms with Gasteiger partial charge in [-0.3, -0.25) is 4.79 Å². The van der Waals surface area contributed by atoms with Gasteiger partial charge in [0.05, 0.1) is 29.2 Å². The highest BCUT2D eigenvalue weighted by molar-refractivity contribution is 7.98. The van der Waals surface area contributed by atoms with Gasteiger partial charge in [-0.15, -0.1) is 11.8 Å². The van der Waals surface area contributed by atoms with Crippen molar-refractivity contribution in [3.63, 3.8) is 0 Å². The van der Waals surface area contributed by atoms with E-state index >= 15 is 0 Å². The highest BCUT2D eigenvalue weighted by atomic mass is 32.2. The van der Waals surface area contributed by atoms with Crippen molar-refractivity contribution in [1.29, 1.82) is 0 Å². The van der Waals surface area contributed by atoms with Gasteiger partial charge in [0.15, 0.2) is 0 Å². The summed E-state index contributed by atoms with van der Waals surface area (Å²) in [6.45, 7) is 7.85. The van der Waals surface area contributed by atoms with E-state index in [2.05, 4.69) is 10.5 Å². The van der Waals surface area contributed by atoms with Crippen molar-refractivity contribution in [1.82, 2.24) is 10.5 Å². The lowest BCUT2D eigenvalue weighted by atomic mass is 10.1. The van der Waals surface area contributed by atoms with E-state index in [1.54, 1.807) is 11.8 Å². The summed E-state index contributed by atoms with van der Waals surface area (Å²) in [4.78, 5) is 13.8. The van der Waals surface area contributed by atoms with Crippen LogP contribution in [0.4, 0.5) is 0 Å². The first kappa shape index (κ1) is 21.0. The van der Waals surface area contributed by atoms with Crippen LogP contribution in [0.2, 0.25) is 0 Å². The number of amides is 1. The van der Waals surface area contributed by atoms with E-state index in [0.29, 0.717) is 11.3 Å². The van der Waals surface area contributed by atoms with Crippen molar-refractivity contribution < 1.29 is 14.1 Å². The van der Waals surface area contributed by atoms with Crippen LogP contribution in [0, 0.1) is 6.92 Å². The van der Waals surface area contributed by atoms with Crippen molar-refractivity contribution in [3.8, 4) is 5.75 Å². The van der Waals surface area contributed by atoms with Gasteiger partial charge in [-0.25, -0.2) is 0 Å². The molecule has 29 heavy (non-hydrogen) atoms. The van der Waals surface area contributed by atoms with E-state index in [0.717, 1.165) is 27.7 Å². The predicted molar refractivity (Wildman–Crippen MR) is 115 cm³/mol.